The number of aliphatic hydroxyl groups excluding tert-OH is 1. The molecule has 2 heterocycles. The molecular formula is C11H17N3O2. The quantitative estimate of drug-likeness (QED) is 0.787. The number of β-amino-alcohol motifs (C(OH)–C–C–N with tert-alkyl or cyclic N) is 1. The summed E-state index contributed by atoms with van der Waals surface area (Å²) in [5.41, 5.74) is 1.45. The Bertz CT molecular complexity index is 375. The summed E-state index contributed by atoms with van der Waals surface area (Å²) in [5.74, 6) is -0.0878. The number of likely N-dealkylation sites (tertiary alicyclic amines) is 1. The van der Waals surface area contributed by atoms with Crippen LogP contribution in [0.5, 0.6) is 0 Å². The van der Waals surface area contributed by atoms with Gasteiger partial charge in [-0.05, 0) is 18.9 Å². The molecule has 1 saturated heterocycles. The summed E-state index contributed by atoms with van der Waals surface area (Å²) in [6.45, 7) is 3.13. The van der Waals surface area contributed by atoms with Crippen molar-refractivity contribution in [3.05, 3.63) is 17.5 Å². The number of amides is 1. The Kier molecular flexibility index (Phi) is 3.24. The van der Waals surface area contributed by atoms with Crippen molar-refractivity contribution in [3.8, 4) is 0 Å². The van der Waals surface area contributed by atoms with Gasteiger partial charge in [0.15, 0.2) is 0 Å². The zero-order chi connectivity index (χ0) is 11.5. The van der Waals surface area contributed by atoms with Gasteiger partial charge in [0.25, 0.3) is 5.91 Å². The number of aromatic nitrogens is 2. The predicted octanol–water partition coefficient (Wildman–Crippen LogP) is 0.569. The highest BCUT2D eigenvalue weighted by Crippen LogP contribution is 2.13. The van der Waals surface area contributed by atoms with Gasteiger partial charge in [0.05, 0.1) is 6.10 Å². The first-order valence-corrected chi connectivity index (χ1v) is 5.72. The van der Waals surface area contributed by atoms with E-state index in [9.17, 15) is 9.90 Å². The van der Waals surface area contributed by atoms with Gasteiger partial charge in [0.1, 0.15) is 5.69 Å². The van der Waals surface area contributed by atoms with Gasteiger partial charge >= 0.3 is 0 Å². The van der Waals surface area contributed by atoms with Crippen molar-refractivity contribution in [1.29, 1.82) is 0 Å². The summed E-state index contributed by atoms with van der Waals surface area (Å²) >= 11 is 0. The van der Waals surface area contributed by atoms with Gasteiger partial charge in [-0.3, -0.25) is 9.89 Å². The molecule has 1 atom stereocenters. The zero-order valence-corrected chi connectivity index (χ0v) is 9.44. The first-order valence-electron chi connectivity index (χ1n) is 5.72. The Morgan fingerprint density at radius 2 is 2.56 bits per heavy atom. The molecule has 0 spiro atoms. The number of hydrogen-bond acceptors (Lipinski definition) is 3. The van der Waals surface area contributed by atoms with Crippen molar-refractivity contribution in [1.82, 2.24) is 15.1 Å². The number of aromatic amines is 1. The summed E-state index contributed by atoms with van der Waals surface area (Å²) in [5, 5.41) is 16.2. The highest BCUT2D eigenvalue weighted by atomic mass is 16.3. The molecule has 1 aliphatic heterocycles. The van der Waals surface area contributed by atoms with Crippen LogP contribution in [-0.4, -0.2) is 45.3 Å². The Balaban J connectivity index is 2.03. The SMILES string of the molecule is CCCc1cc(C(=O)N2CC[C@@H](O)C2)n[nH]1. The lowest BCUT2D eigenvalue weighted by atomic mass is 10.2. The van der Waals surface area contributed by atoms with Crippen LogP contribution in [0.1, 0.15) is 35.9 Å². The van der Waals surface area contributed by atoms with Crippen LogP contribution in [0.3, 0.4) is 0 Å². The van der Waals surface area contributed by atoms with E-state index in [1.807, 2.05) is 0 Å². The van der Waals surface area contributed by atoms with E-state index in [2.05, 4.69) is 17.1 Å². The fourth-order valence-electron chi connectivity index (χ4n) is 1.96. The fraction of sp³-hybridized carbons (Fsp3) is 0.636. The molecule has 0 saturated carbocycles. The molecule has 0 unspecified atom stereocenters. The lowest BCUT2D eigenvalue weighted by Crippen LogP contribution is -2.29. The summed E-state index contributed by atoms with van der Waals surface area (Å²) in [4.78, 5) is 13.6. The topological polar surface area (TPSA) is 69.2 Å². The van der Waals surface area contributed by atoms with Gasteiger partial charge in [0.2, 0.25) is 0 Å². The van der Waals surface area contributed by atoms with Gasteiger partial charge in [-0.1, -0.05) is 13.3 Å². The summed E-state index contributed by atoms with van der Waals surface area (Å²) in [6, 6.07) is 1.80. The molecule has 2 N–H and O–H groups in total. The third kappa shape index (κ3) is 2.24. The minimum absolute atomic E-state index is 0.0878. The van der Waals surface area contributed by atoms with E-state index in [1.54, 1.807) is 11.0 Å². The number of rotatable bonds is 3. The van der Waals surface area contributed by atoms with Gasteiger partial charge in [-0.25, -0.2) is 0 Å². The van der Waals surface area contributed by atoms with Gasteiger partial charge < -0.3 is 10.0 Å². The second-order valence-corrected chi connectivity index (χ2v) is 4.22. The van der Waals surface area contributed by atoms with Gasteiger partial charge in [-0.15, -0.1) is 0 Å². The monoisotopic (exact) mass is 223 g/mol. The lowest BCUT2D eigenvalue weighted by Gasteiger charge is -2.13. The minimum atomic E-state index is -0.377. The highest BCUT2D eigenvalue weighted by molar-refractivity contribution is 5.92. The van der Waals surface area contributed by atoms with Crippen molar-refractivity contribution in [3.63, 3.8) is 0 Å². The molecule has 1 fully saturated rings. The molecule has 88 valence electrons. The van der Waals surface area contributed by atoms with Crippen molar-refractivity contribution < 1.29 is 9.90 Å². The highest BCUT2D eigenvalue weighted by Gasteiger charge is 2.26. The van der Waals surface area contributed by atoms with Crippen LogP contribution >= 0.6 is 0 Å². The number of aliphatic hydroxyl groups is 1. The second kappa shape index (κ2) is 4.65. The van der Waals surface area contributed by atoms with Crippen LogP contribution in [0, 0.1) is 0 Å². The van der Waals surface area contributed by atoms with Crippen LogP contribution in [0.2, 0.25) is 0 Å². The molecule has 5 nitrogen and oxygen atoms in total. The maximum atomic E-state index is 11.9. The largest absolute Gasteiger partial charge is 0.391 e. The van der Waals surface area contributed by atoms with Crippen molar-refractivity contribution in [2.45, 2.75) is 32.3 Å². The van der Waals surface area contributed by atoms with Crippen LogP contribution in [0.4, 0.5) is 0 Å². The number of nitrogens with one attached hydrogen (secondary N) is 1. The van der Waals surface area contributed by atoms with Crippen LogP contribution in [0.25, 0.3) is 0 Å². The first-order chi connectivity index (χ1) is 7.70. The standard InChI is InChI=1S/C11H17N3O2/c1-2-3-8-6-10(13-12-8)11(16)14-5-4-9(15)7-14/h6,9,15H,2-5,7H2,1H3,(H,12,13)/t9-/m1/s1. The van der Waals surface area contributed by atoms with Crippen molar-refractivity contribution in [2.24, 2.45) is 0 Å². The number of carbonyl (C=O) groups is 1. The van der Waals surface area contributed by atoms with Gasteiger partial charge in [-0.2, -0.15) is 5.10 Å². The maximum Gasteiger partial charge on any atom is 0.274 e. The van der Waals surface area contributed by atoms with Crippen molar-refractivity contribution in [2.75, 3.05) is 13.1 Å². The molecule has 0 aromatic carbocycles. The average molecular weight is 223 g/mol. The zero-order valence-electron chi connectivity index (χ0n) is 9.44. The molecule has 1 aromatic heterocycles. The summed E-state index contributed by atoms with van der Waals surface area (Å²) < 4.78 is 0. The molecule has 1 amide bonds. The Morgan fingerprint density at radius 3 is 3.19 bits per heavy atom. The van der Waals surface area contributed by atoms with Crippen LogP contribution in [0.15, 0.2) is 6.07 Å². The molecule has 1 aliphatic rings. The van der Waals surface area contributed by atoms with E-state index in [1.165, 1.54) is 0 Å². The third-order valence-electron chi connectivity index (χ3n) is 2.82. The normalized spacial score (nSPS) is 20.4. The smallest absolute Gasteiger partial charge is 0.274 e. The summed E-state index contributed by atoms with van der Waals surface area (Å²) in [7, 11) is 0. The van der Waals surface area contributed by atoms with Crippen LogP contribution < -0.4 is 0 Å². The number of aryl methyl sites for hydroxylation is 1. The average Bonchev–Trinajstić information content (AvgIpc) is 2.87. The molecule has 5 heteroatoms. The minimum Gasteiger partial charge on any atom is -0.391 e. The van der Waals surface area contributed by atoms with E-state index in [0.29, 0.717) is 25.2 Å². The van der Waals surface area contributed by atoms with E-state index < -0.39 is 0 Å². The molecule has 0 aliphatic carbocycles. The molecule has 0 bridgehead atoms. The van der Waals surface area contributed by atoms with E-state index in [4.69, 9.17) is 0 Å². The Hall–Kier alpha value is -1.36. The summed E-state index contributed by atoms with van der Waals surface area (Å²) in [6.07, 6.45) is 2.22. The van der Waals surface area contributed by atoms with E-state index in [0.717, 1.165) is 18.5 Å². The molecule has 16 heavy (non-hydrogen) atoms. The van der Waals surface area contributed by atoms with Crippen LogP contribution in [-0.2, 0) is 6.42 Å². The number of nitrogens with zero attached hydrogens (tertiary/aromatic N) is 2. The Morgan fingerprint density at radius 1 is 1.75 bits per heavy atom. The fourth-order valence-corrected chi connectivity index (χ4v) is 1.96. The molecule has 1 aromatic rings. The number of H-pyrrole nitrogens is 1. The number of hydrogen-bond donors (Lipinski definition) is 2. The maximum absolute atomic E-state index is 11.9. The molecule has 0 radical (unpaired) electrons. The first kappa shape index (κ1) is 11.1. The third-order valence-corrected chi connectivity index (χ3v) is 2.82. The predicted molar refractivity (Wildman–Crippen MR) is 59.1 cm³/mol. The van der Waals surface area contributed by atoms with E-state index >= 15 is 0 Å². The van der Waals surface area contributed by atoms with Crippen molar-refractivity contribution >= 4 is 5.91 Å². The Labute approximate surface area is 94.5 Å². The van der Waals surface area contributed by atoms with Gasteiger partial charge in [0, 0.05) is 18.8 Å². The second-order valence-electron chi connectivity index (χ2n) is 4.22. The lowest BCUT2D eigenvalue weighted by molar-refractivity contribution is 0.0759. The molecular weight excluding hydrogens is 206 g/mol. The number of carbonyl (C=O) groups excluding carboxylic acids is 1. The molecule has 2 rings (SSSR count). The van der Waals surface area contributed by atoms with E-state index in [-0.39, 0.29) is 12.0 Å².